The van der Waals surface area contributed by atoms with Gasteiger partial charge in [-0.3, -0.25) is 9.40 Å². The van der Waals surface area contributed by atoms with Gasteiger partial charge in [0.1, 0.15) is 21.4 Å². The van der Waals surface area contributed by atoms with Crippen LogP contribution in [0.5, 0.6) is 11.5 Å². The lowest BCUT2D eigenvalue weighted by Gasteiger charge is -2.11. The highest BCUT2D eigenvalue weighted by atomic mass is 35.5. The molecule has 0 atom stereocenters. The Kier molecular flexibility index (Phi) is 5.57. The van der Waals surface area contributed by atoms with Gasteiger partial charge in [0.05, 0.1) is 20.8 Å². The topological polar surface area (TPSA) is 82.5 Å². The number of methoxy groups -OCH3 is 2. The molecule has 2 aromatic carbocycles. The standard InChI is InChI=1S/C18H18ClN3O4S/c1-25-14-8-9-17(16(10-14)26-2)27(23,24)21-18-15(19)12-22(20-18)11-13-6-4-3-5-7-13/h3-10,12H,11H2,1-2H3,(H,20,21). The molecule has 3 rings (SSSR count). The number of halogens is 1. The number of aromatic nitrogens is 2. The maximum Gasteiger partial charge on any atom is 0.266 e. The first-order chi connectivity index (χ1) is 12.9. The highest BCUT2D eigenvalue weighted by Crippen LogP contribution is 2.31. The zero-order valence-corrected chi connectivity index (χ0v) is 16.3. The van der Waals surface area contributed by atoms with E-state index in [-0.39, 0.29) is 21.5 Å². The summed E-state index contributed by atoms with van der Waals surface area (Å²) in [6.07, 6.45) is 1.57. The van der Waals surface area contributed by atoms with Crippen LogP contribution >= 0.6 is 11.6 Å². The average molecular weight is 408 g/mol. The van der Waals surface area contributed by atoms with Gasteiger partial charge in [0.15, 0.2) is 5.82 Å². The Balaban J connectivity index is 1.86. The molecule has 0 saturated heterocycles. The van der Waals surface area contributed by atoms with Crippen LogP contribution in [0.4, 0.5) is 5.82 Å². The van der Waals surface area contributed by atoms with E-state index in [4.69, 9.17) is 21.1 Å². The van der Waals surface area contributed by atoms with Crippen LogP contribution in [-0.4, -0.2) is 32.4 Å². The summed E-state index contributed by atoms with van der Waals surface area (Å²) in [5.74, 6) is 0.683. The van der Waals surface area contributed by atoms with Crippen molar-refractivity contribution in [2.24, 2.45) is 0 Å². The number of hydrogen-bond acceptors (Lipinski definition) is 5. The van der Waals surface area contributed by atoms with Crippen molar-refractivity contribution in [1.82, 2.24) is 9.78 Å². The van der Waals surface area contributed by atoms with Gasteiger partial charge < -0.3 is 9.47 Å². The Labute approximate surface area is 162 Å². The van der Waals surface area contributed by atoms with E-state index in [1.165, 1.54) is 32.4 Å². The summed E-state index contributed by atoms with van der Waals surface area (Å²) in [4.78, 5) is -0.0422. The van der Waals surface area contributed by atoms with Gasteiger partial charge in [-0.2, -0.15) is 5.10 Å². The predicted molar refractivity (Wildman–Crippen MR) is 103 cm³/mol. The number of nitrogens with zero attached hydrogens (tertiary/aromatic N) is 2. The number of hydrogen-bond donors (Lipinski definition) is 1. The number of anilines is 1. The number of rotatable bonds is 7. The molecule has 0 aliphatic rings. The molecule has 142 valence electrons. The van der Waals surface area contributed by atoms with Crippen LogP contribution in [0.2, 0.25) is 5.02 Å². The molecular formula is C18H18ClN3O4S. The largest absolute Gasteiger partial charge is 0.497 e. The minimum absolute atomic E-state index is 0.0422. The predicted octanol–water partition coefficient (Wildman–Crippen LogP) is 3.40. The van der Waals surface area contributed by atoms with Gasteiger partial charge in [0, 0.05) is 12.3 Å². The third kappa shape index (κ3) is 4.35. The maximum absolute atomic E-state index is 12.8. The molecule has 1 heterocycles. The number of sulfonamides is 1. The summed E-state index contributed by atoms with van der Waals surface area (Å²) in [6, 6.07) is 14.1. The monoisotopic (exact) mass is 407 g/mol. The third-order valence-corrected chi connectivity index (χ3v) is 5.45. The van der Waals surface area contributed by atoms with Gasteiger partial charge in [-0.15, -0.1) is 0 Å². The lowest BCUT2D eigenvalue weighted by molar-refractivity contribution is 0.386. The molecule has 0 bridgehead atoms. The smallest absolute Gasteiger partial charge is 0.266 e. The molecule has 0 aliphatic carbocycles. The third-order valence-electron chi connectivity index (χ3n) is 3.80. The Morgan fingerprint density at radius 3 is 2.52 bits per heavy atom. The molecule has 1 N–H and O–H groups in total. The van der Waals surface area contributed by atoms with E-state index in [0.717, 1.165) is 5.56 Å². The fourth-order valence-corrected chi connectivity index (χ4v) is 3.92. The fraction of sp³-hybridized carbons (Fsp3) is 0.167. The van der Waals surface area contributed by atoms with Crippen molar-refractivity contribution >= 4 is 27.4 Å². The molecule has 0 radical (unpaired) electrons. The van der Waals surface area contributed by atoms with Gasteiger partial charge in [0.2, 0.25) is 0 Å². The Morgan fingerprint density at radius 2 is 1.85 bits per heavy atom. The summed E-state index contributed by atoms with van der Waals surface area (Å²) >= 11 is 6.16. The van der Waals surface area contributed by atoms with Crippen molar-refractivity contribution < 1.29 is 17.9 Å². The van der Waals surface area contributed by atoms with E-state index in [2.05, 4.69) is 9.82 Å². The second-order valence-electron chi connectivity index (χ2n) is 5.63. The zero-order valence-electron chi connectivity index (χ0n) is 14.7. The van der Waals surface area contributed by atoms with E-state index in [0.29, 0.717) is 12.3 Å². The fourth-order valence-electron chi connectivity index (χ4n) is 2.50. The van der Waals surface area contributed by atoms with Gasteiger partial charge in [0.25, 0.3) is 10.0 Å². The Morgan fingerprint density at radius 1 is 1.11 bits per heavy atom. The molecule has 3 aromatic rings. The minimum Gasteiger partial charge on any atom is -0.497 e. The van der Waals surface area contributed by atoms with E-state index < -0.39 is 10.0 Å². The minimum atomic E-state index is -3.95. The van der Waals surface area contributed by atoms with Crippen molar-refractivity contribution in [1.29, 1.82) is 0 Å². The highest BCUT2D eigenvalue weighted by molar-refractivity contribution is 7.92. The van der Waals surface area contributed by atoms with Crippen LogP contribution in [0.15, 0.2) is 59.6 Å². The van der Waals surface area contributed by atoms with Crippen LogP contribution in [0.25, 0.3) is 0 Å². The SMILES string of the molecule is COc1ccc(S(=O)(=O)Nc2nn(Cc3ccccc3)cc2Cl)c(OC)c1. The Bertz CT molecular complexity index is 1040. The summed E-state index contributed by atoms with van der Waals surface area (Å²) in [5, 5.41) is 4.43. The highest BCUT2D eigenvalue weighted by Gasteiger charge is 2.23. The first-order valence-corrected chi connectivity index (χ1v) is 9.81. The lowest BCUT2D eigenvalue weighted by atomic mass is 10.2. The molecule has 9 heteroatoms. The van der Waals surface area contributed by atoms with Crippen LogP contribution in [0.3, 0.4) is 0 Å². The van der Waals surface area contributed by atoms with Crippen molar-refractivity contribution in [3.63, 3.8) is 0 Å². The normalized spacial score (nSPS) is 11.2. The first-order valence-electron chi connectivity index (χ1n) is 7.94. The maximum atomic E-state index is 12.8. The number of ether oxygens (including phenoxy) is 2. The molecule has 0 unspecified atom stereocenters. The Hall–Kier alpha value is -2.71. The van der Waals surface area contributed by atoms with Crippen molar-refractivity contribution in [2.75, 3.05) is 18.9 Å². The van der Waals surface area contributed by atoms with E-state index >= 15 is 0 Å². The molecule has 1 aromatic heterocycles. The zero-order chi connectivity index (χ0) is 19.4. The van der Waals surface area contributed by atoms with Crippen LogP contribution in [-0.2, 0) is 16.6 Å². The first kappa shape index (κ1) is 19.1. The quantitative estimate of drug-likeness (QED) is 0.649. The summed E-state index contributed by atoms with van der Waals surface area (Å²) in [7, 11) is -1.08. The summed E-state index contributed by atoms with van der Waals surface area (Å²) in [5.41, 5.74) is 1.02. The lowest BCUT2D eigenvalue weighted by Crippen LogP contribution is -2.15. The van der Waals surface area contributed by atoms with Crippen molar-refractivity contribution in [2.45, 2.75) is 11.4 Å². The summed E-state index contributed by atoms with van der Waals surface area (Å²) in [6.45, 7) is 0.466. The van der Waals surface area contributed by atoms with Crippen molar-refractivity contribution in [3.8, 4) is 11.5 Å². The molecule has 0 fully saturated rings. The second-order valence-corrected chi connectivity index (χ2v) is 7.69. The van der Waals surface area contributed by atoms with Gasteiger partial charge in [-0.1, -0.05) is 41.9 Å². The van der Waals surface area contributed by atoms with Crippen molar-refractivity contribution in [3.05, 3.63) is 65.3 Å². The molecule has 0 spiro atoms. The van der Waals surface area contributed by atoms with Crippen LogP contribution < -0.4 is 14.2 Å². The van der Waals surface area contributed by atoms with Gasteiger partial charge >= 0.3 is 0 Å². The van der Waals surface area contributed by atoms with Gasteiger partial charge in [-0.25, -0.2) is 8.42 Å². The second kappa shape index (κ2) is 7.89. The molecule has 0 amide bonds. The summed E-state index contributed by atoms with van der Waals surface area (Å²) < 4.78 is 39.8. The van der Waals surface area contributed by atoms with Crippen LogP contribution in [0.1, 0.15) is 5.56 Å². The average Bonchev–Trinajstić information content (AvgIpc) is 3.00. The number of benzene rings is 2. The van der Waals surface area contributed by atoms with E-state index in [9.17, 15) is 8.42 Å². The van der Waals surface area contributed by atoms with Gasteiger partial charge in [-0.05, 0) is 17.7 Å². The molecular weight excluding hydrogens is 390 g/mol. The molecule has 0 aliphatic heterocycles. The molecule has 7 nitrogen and oxygen atoms in total. The molecule has 27 heavy (non-hydrogen) atoms. The molecule has 0 saturated carbocycles. The van der Waals surface area contributed by atoms with Crippen LogP contribution in [0, 0.1) is 0 Å². The number of nitrogens with one attached hydrogen (secondary N) is 1. The van der Waals surface area contributed by atoms with E-state index in [1.54, 1.807) is 10.9 Å². The van der Waals surface area contributed by atoms with E-state index in [1.807, 2.05) is 30.3 Å².